The first-order valence-corrected chi connectivity index (χ1v) is 10.3. The lowest BCUT2D eigenvalue weighted by atomic mass is 10.2. The Labute approximate surface area is 179 Å². The van der Waals surface area contributed by atoms with Crippen molar-refractivity contribution in [1.29, 1.82) is 0 Å². The number of amides is 1. The molecule has 0 aliphatic heterocycles. The number of thiazole rings is 1. The van der Waals surface area contributed by atoms with E-state index in [4.69, 9.17) is 9.47 Å². The topological polar surface area (TPSA) is 63.7 Å². The molecule has 0 radical (unpaired) electrons. The summed E-state index contributed by atoms with van der Waals surface area (Å²) >= 11 is 1.39. The monoisotopic (exact) mass is 429 g/mol. The van der Waals surface area contributed by atoms with Crippen LogP contribution in [-0.4, -0.2) is 50.1 Å². The number of nitrogens with zero attached hydrogens (tertiary/aromatic N) is 2. The van der Waals surface area contributed by atoms with Gasteiger partial charge in [-0.2, -0.15) is 0 Å². The summed E-state index contributed by atoms with van der Waals surface area (Å²) in [5.74, 6) is 0.658. The molecule has 1 N–H and O–H groups in total. The Morgan fingerprint density at radius 3 is 2.63 bits per heavy atom. The molecular formula is C22H24FN3O3S. The minimum Gasteiger partial charge on any atom is -0.493 e. The molecule has 0 aliphatic rings. The molecule has 0 fully saturated rings. The van der Waals surface area contributed by atoms with Gasteiger partial charge in [-0.3, -0.25) is 4.79 Å². The van der Waals surface area contributed by atoms with E-state index in [0.29, 0.717) is 30.3 Å². The molecule has 3 rings (SSSR count). The first-order chi connectivity index (χ1) is 14.5. The van der Waals surface area contributed by atoms with Crippen molar-refractivity contribution in [2.45, 2.75) is 6.61 Å². The lowest BCUT2D eigenvalue weighted by Gasteiger charge is -2.12. The fourth-order valence-corrected chi connectivity index (χ4v) is 3.45. The largest absolute Gasteiger partial charge is 0.493 e. The van der Waals surface area contributed by atoms with Crippen molar-refractivity contribution in [3.8, 4) is 22.1 Å². The fourth-order valence-electron chi connectivity index (χ4n) is 2.66. The van der Waals surface area contributed by atoms with Gasteiger partial charge in [0, 0.05) is 24.0 Å². The molecule has 0 atom stereocenters. The standard InChI is InChI=1S/C22H24FN3O3S/c1-26(2)11-10-24-21(27)18-14-30-22(25-18)16-6-9-19(20(12-16)28-3)29-13-15-4-7-17(23)8-5-15/h4-9,12,14H,10-11,13H2,1-3H3,(H,24,27). The molecule has 2 aromatic carbocycles. The number of carbonyl (C=O) groups is 1. The van der Waals surface area contributed by atoms with E-state index >= 15 is 0 Å². The van der Waals surface area contributed by atoms with E-state index < -0.39 is 0 Å². The second-order valence-corrected chi connectivity index (χ2v) is 7.74. The predicted molar refractivity (Wildman–Crippen MR) is 116 cm³/mol. The van der Waals surface area contributed by atoms with Gasteiger partial charge in [0.25, 0.3) is 5.91 Å². The summed E-state index contributed by atoms with van der Waals surface area (Å²) < 4.78 is 24.3. The molecule has 1 heterocycles. The number of halogens is 1. The van der Waals surface area contributed by atoms with Crippen molar-refractivity contribution in [3.63, 3.8) is 0 Å². The number of hydrogen-bond acceptors (Lipinski definition) is 6. The Morgan fingerprint density at radius 2 is 1.93 bits per heavy atom. The van der Waals surface area contributed by atoms with E-state index in [1.54, 1.807) is 30.7 Å². The zero-order valence-corrected chi connectivity index (χ0v) is 18.0. The van der Waals surface area contributed by atoms with Crippen LogP contribution in [0.3, 0.4) is 0 Å². The van der Waals surface area contributed by atoms with Crippen LogP contribution in [0.5, 0.6) is 11.5 Å². The predicted octanol–water partition coefficient (Wildman–Crippen LogP) is 3.83. The third-order valence-electron chi connectivity index (χ3n) is 4.30. The minimum absolute atomic E-state index is 0.189. The summed E-state index contributed by atoms with van der Waals surface area (Å²) in [5.41, 5.74) is 2.08. The molecule has 0 saturated carbocycles. The van der Waals surface area contributed by atoms with Crippen LogP contribution in [0.1, 0.15) is 16.1 Å². The van der Waals surface area contributed by atoms with Crippen molar-refractivity contribution >= 4 is 17.2 Å². The van der Waals surface area contributed by atoms with E-state index in [0.717, 1.165) is 22.7 Å². The zero-order valence-electron chi connectivity index (χ0n) is 17.1. The number of hydrogen-bond donors (Lipinski definition) is 1. The maximum atomic E-state index is 13.0. The first-order valence-electron chi connectivity index (χ1n) is 9.40. The average Bonchev–Trinajstić information content (AvgIpc) is 3.23. The van der Waals surface area contributed by atoms with E-state index in [9.17, 15) is 9.18 Å². The molecule has 8 heteroatoms. The Bertz CT molecular complexity index is 990. The number of nitrogens with one attached hydrogen (secondary N) is 1. The van der Waals surface area contributed by atoms with Gasteiger partial charge in [0.05, 0.1) is 7.11 Å². The van der Waals surface area contributed by atoms with Crippen molar-refractivity contribution < 1.29 is 18.7 Å². The van der Waals surface area contributed by atoms with Gasteiger partial charge < -0.3 is 19.7 Å². The van der Waals surface area contributed by atoms with Crippen LogP contribution < -0.4 is 14.8 Å². The normalized spacial score (nSPS) is 10.8. The number of benzene rings is 2. The summed E-state index contributed by atoms with van der Waals surface area (Å²) in [6.07, 6.45) is 0. The molecule has 1 aromatic heterocycles. The molecule has 3 aromatic rings. The third kappa shape index (κ3) is 5.77. The molecule has 0 bridgehead atoms. The van der Waals surface area contributed by atoms with E-state index in [-0.39, 0.29) is 11.7 Å². The van der Waals surface area contributed by atoms with Crippen molar-refractivity contribution in [1.82, 2.24) is 15.2 Å². The second-order valence-electron chi connectivity index (χ2n) is 6.88. The highest BCUT2D eigenvalue weighted by molar-refractivity contribution is 7.13. The van der Waals surface area contributed by atoms with Gasteiger partial charge in [-0.1, -0.05) is 12.1 Å². The number of methoxy groups -OCH3 is 1. The first kappa shape index (κ1) is 21.7. The Kier molecular flexibility index (Phi) is 7.37. The lowest BCUT2D eigenvalue weighted by molar-refractivity contribution is 0.0947. The number of carbonyl (C=O) groups excluding carboxylic acids is 1. The summed E-state index contributed by atoms with van der Waals surface area (Å²) in [7, 11) is 5.47. The third-order valence-corrected chi connectivity index (χ3v) is 5.19. The molecule has 0 spiro atoms. The SMILES string of the molecule is COc1cc(-c2nc(C(=O)NCCN(C)C)cs2)ccc1OCc1ccc(F)cc1. The maximum absolute atomic E-state index is 13.0. The number of aromatic nitrogens is 1. The Balaban J connectivity index is 1.67. The van der Waals surface area contributed by atoms with Crippen LogP contribution in [-0.2, 0) is 6.61 Å². The second kappa shape index (κ2) is 10.2. The molecule has 158 valence electrons. The van der Waals surface area contributed by atoms with Crippen LogP contribution >= 0.6 is 11.3 Å². The maximum Gasteiger partial charge on any atom is 0.270 e. The highest BCUT2D eigenvalue weighted by Crippen LogP contribution is 2.34. The average molecular weight is 430 g/mol. The van der Waals surface area contributed by atoms with Gasteiger partial charge >= 0.3 is 0 Å². The fraction of sp³-hybridized carbons (Fsp3) is 0.273. The van der Waals surface area contributed by atoms with Crippen LogP contribution in [0.15, 0.2) is 47.8 Å². The molecule has 0 saturated heterocycles. The van der Waals surface area contributed by atoms with Gasteiger partial charge in [0.2, 0.25) is 0 Å². The zero-order chi connectivity index (χ0) is 21.5. The molecule has 0 aliphatic carbocycles. The highest BCUT2D eigenvalue weighted by Gasteiger charge is 2.14. The molecule has 1 amide bonds. The summed E-state index contributed by atoms with van der Waals surface area (Å²) in [5, 5.41) is 5.32. The lowest BCUT2D eigenvalue weighted by Crippen LogP contribution is -2.31. The highest BCUT2D eigenvalue weighted by atomic mass is 32.1. The number of rotatable bonds is 9. The molecular weight excluding hydrogens is 405 g/mol. The van der Waals surface area contributed by atoms with E-state index in [1.807, 2.05) is 31.1 Å². The molecule has 0 unspecified atom stereocenters. The van der Waals surface area contributed by atoms with Crippen molar-refractivity contribution in [2.24, 2.45) is 0 Å². The van der Waals surface area contributed by atoms with Gasteiger partial charge in [0.1, 0.15) is 23.1 Å². The minimum atomic E-state index is -0.283. The van der Waals surface area contributed by atoms with E-state index in [1.165, 1.54) is 23.5 Å². The van der Waals surface area contributed by atoms with Crippen LogP contribution in [0.25, 0.3) is 10.6 Å². The van der Waals surface area contributed by atoms with Crippen LogP contribution in [0, 0.1) is 5.82 Å². The van der Waals surface area contributed by atoms with Gasteiger partial charge in [0.15, 0.2) is 11.5 Å². The van der Waals surface area contributed by atoms with E-state index in [2.05, 4.69) is 10.3 Å². The van der Waals surface area contributed by atoms with Crippen molar-refractivity contribution in [3.05, 3.63) is 64.9 Å². The Morgan fingerprint density at radius 1 is 1.17 bits per heavy atom. The van der Waals surface area contributed by atoms with Crippen molar-refractivity contribution in [2.75, 3.05) is 34.3 Å². The Hall–Kier alpha value is -2.97. The quantitative estimate of drug-likeness (QED) is 0.560. The van der Waals surface area contributed by atoms with Gasteiger partial charge in [-0.25, -0.2) is 9.37 Å². The van der Waals surface area contributed by atoms with Gasteiger partial charge in [-0.05, 0) is 50.0 Å². The van der Waals surface area contributed by atoms with Crippen LogP contribution in [0.4, 0.5) is 4.39 Å². The summed E-state index contributed by atoms with van der Waals surface area (Å²) in [4.78, 5) is 18.7. The van der Waals surface area contributed by atoms with Gasteiger partial charge in [-0.15, -0.1) is 11.3 Å². The molecule has 6 nitrogen and oxygen atoms in total. The smallest absolute Gasteiger partial charge is 0.270 e. The summed E-state index contributed by atoms with van der Waals surface area (Å²) in [6.45, 7) is 1.62. The van der Waals surface area contributed by atoms with Crippen LogP contribution in [0.2, 0.25) is 0 Å². The number of likely N-dealkylation sites (N-methyl/N-ethyl adjacent to an activating group) is 1. The molecule has 30 heavy (non-hydrogen) atoms. The number of ether oxygens (including phenoxy) is 2. The summed E-state index contributed by atoms with van der Waals surface area (Å²) in [6, 6.07) is 11.6.